The van der Waals surface area contributed by atoms with E-state index in [1.54, 1.807) is 13.2 Å². The van der Waals surface area contributed by atoms with Crippen LogP contribution in [0.1, 0.15) is 5.56 Å². The van der Waals surface area contributed by atoms with Crippen molar-refractivity contribution in [3.63, 3.8) is 0 Å². The summed E-state index contributed by atoms with van der Waals surface area (Å²) >= 11 is 7.83. The van der Waals surface area contributed by atoms with Gasteiger partial charge in [-0.05, 0) is 30.7 Å². The molecule has 0 aliphatic rings. The average molecular weight is 396 g/mol. The molecule has 2 aromatic heterocycles. The lowest BCUT2D eigenvalue weighted by Gasteiger charge is -2.07. The number of nitrogens with zero attached hydrogens (tertiary/aromatic N) is 3. The second-order valence-electron chi connectivity index (χ2n) is 6.07. The third kappa shape index (κ3) is 2.95. The largest absolute Gasteiger partial charge is 0.497 e. The van der Waals surface area contributed by atoms with Gasteiger partial charge in [-0.25, -0.2) is 9.97 Å². The summed E-state index contributed by atoms with van der Waals surface area (Å²) in [5.74, 6) is 3.14. The number of rotatable bonds is 3. The van der Waals surface area contributed by atoms with E-state index in [4.69, 9.17) is 22.8 Å². The summed E-state index contributed by atoms with van der Waals surface area (Å²) < 4.78 is 7.61. The van der Waals surface area contributed by atoms with Crippen LogP contribution in [0, 0.1) is 19.3 Å². The second kappa shape index (κ2) is 6.69. The molecule has 0 spiro atoms. The molecule has 0 atom stereocenters. The van der Waals surface area contributed by atoms with Gasteiger partial charge in [-0.1, -0.05) is 17.5 Å². The van der Waals surface area contributed by atoms with E-state index in [2.05, 4.69) is 15.9 Å². The highest BCUT2D eigenvalue weighted by Crippen LogP contribution is 2.38. The molecular weight excluding hydrogens is 382 g/mol. The van der Waals surface area contributed by atoms with E-state index in [1.807, 2.05) is 25.1 Å². The lowest BCUT2D eigenvalue weighted by Crippen LogP contribution is -2.20. The maximum atomic E-state index is 12.7. The molecule has 2 heterocycles. The van der Waals surface area contributed by atoms with Crippen LogP contribution in [0.2, 0.25) is 5.02 Å². The van der Waals surface area contributed by atoms with Gasteiger partial charge in [0.05, 0.1) is 40.6 Å². The minimum Gasteiger partial charge on any atom is -0.497 e. The molecule has 0 saturated carbocycles. The van der Waals surface area contributed by atoms with E-state index >= 15 is 0 Å². The van der Waals surface area contributed by atoms with Gasteiger partial charge in [0, 0.05) is 11.6 Å². The Labute approximate surface area is 164 Å². The molecule has 2 aromatic carbocycles. The van der Waals surface area contributed by atoms with Crippen molar-refractivity contribution in [3.8, 4) is 28.7 Å². The lowest BCUT2D eigenvalue weighted by molar-refractivity contribution is 0.415. The zero-order chi connectivity index (χ0) is 19.1. The van der Waals surface area contributed by atoms with Gasteiger partial charge in [0.15, 0.2) is 0 Å². The summed E-state index contributed by atoms with van der Waals surface area (Å²) in [4.78, 5) is 21.9. The van der Waals surface area contributed by atoms with E-state index in [9.17, 15) is 4.79 Å². The summed E-state index contributed by atoms with van der Waals surface area (Å²) in [6.45, 7) is 2.12. The molecule has 27 heavy (non-hydrogen) atoms. The van der Waals surface area contributed by atoms with Crippen molar-refractivity contribution in [1.29, 1.82) is 0 Å². The minimum atomic E-state index is -0.163. The van der Waals surface area contributed by atoms with Crippen molar-refractivity contribution in [2.75, 3.05) is 7.11 Å². The number of aryl methyl sites for hydroxylation is 1. The third-order valence-electron chi connectivity index (χ3n) is 4.22. The molecule has 0 bridgehead atoms. The van der Waals surface area contributed by atoms with Crippen LogP contribution >= 0.6 is 22.9 Å². The van der Waals surface area contributed by atoms with Crippen molar-refractivity contribution in [1.82, 2.24) is 14.5 Å². The Morgan fingerprint density at radius 2 is 2.11 bits per heavy atom. The lowest BCUT2D eigenvalue weighted by atomic mass is 10.1. The Hall–Kier alpha value is -2.88. The number of ether oxygens (including phenoxy) is 1. The molecule has 0 radical (unpaired) electrons. The van der Waals surface area contributed by atoms with E-state index in [-0.39, 0.29) is 12.1 Å². The van der Waals surface area contributed by atoms with Crippen molar-refractivity contribution < 1.29 is 4.74 Å². The molecule has 0 aliphatic heterocycles. The second-order valence-corrected chi connectivity index (χ2v) is 7.50. The fourth-order valence-corrected chi connectivity index (χ4v) is 4.33. The standard InChI is InChI=1S/C20H14ClN3O2S/c1-4-5-24-10-22-17-13(6-11(2)7-14(17)20(24)25)19-23-18-15(21)8-12(26-3)9-16(18)27-19/h1,6-10H,5H2,2-3H3. The summed E-state index contributed by atoms with van der Waals surface area (Å²) in [6, 6.07) is 7.43. The molecule has 0 unspecified atom stereocenters. The highest BCUT2D eigenvalue weighted by molar-refractivity contribution is 7.21. The molecule has 0 aliphatic carbocycles. The van der Waals surface area contributed by atoms with E-state index < -0.39 is 0 Å². The number of methoxy groups -OCH3 is 1. The summed E-state index contributed by atoms with van der Waals surface area (Å²) in [6.07, 6.45) is 6.82. The van der Waals surface area contributed by atoms with Crippen molar-refractivity contribution >= 4 is 44.1 Å². The number of benzene rings is 2. The number of hydrogen-bond donors (Lipinski definition) is 0. The first-order valence-corrected chi connectivity index (χ1v) is 9.29. The van der Waals surface area contributed by atoms with Crippen LogP contribution in [0.15, 0.2) is 35.4 Å². The third-order valence-corrected chi connectivity index (χ3v) is 5.55. The Balaban J connectivity index is 2.00. The number of aromatic nitrogens is 3. The smallest absolute Gasteiger partial charge is 0.262 e. The zero-order valence-electron chi connectivity index (χ0n) is 14.6. The SMILES string of the molecule is C#CCn1cnc2c(-c3nc4c(Cl)cc(OC)cc4s3)cc(C)cc2c1=O. The predicted molar refractivity (Wildman–Crippen MR) is 110 cm³/mol. The summed E-state index contributed by atoms with van der Waals surface area (Å²) in [7, 11) is 1.60. The number of thiazole rings is 1. The van der Waals surface area contributed by atoms with Crippen LogP contribution < -0.4 is 10.3 Å². The summed E-state index contributed by atoms with van der Waals surface area (Å²) in [5, 5.41) is 1.79. The first kappa shape index (κ1) is 17.5. The van der Waals surface area contributed by atoms with Crippen LogP contribution in [0.25, 0.3) is 31.7 Å². The van der Waals surface area contributed by atoms with Crippen molar-refractivity contribution in [3.05, 3.63) is 51.5 Å². The van der Waals surface area contributed by atoms with Gasteiger partial charge in [-0.3, -0.25) is 9.36 Å². The van der Waals surface area contributed by atoms with Gasteiger partial charge in [-0.15, -0.1) is 17.8 Å². The minimum absolute atomic E-state index is 0.163. The molecule has 4 aromatic rings. The first-order chi connectivity index (χ1) is 13.0. The van der Waals surface area contributed by atoms with E-state index in [0.717, 1.165) is 20.8 Å². The van der Waals surface area contributed by atoms with Gasteiger partial charge in [-0.2, -0.15) is 0 Å². The van der Waals surface area contributed by atoms with Crippen LogP contribution in [0.4, 0.5) is 0 Å². The Bertz CT molecular complexity index is 1300. The fourth-order valence-electron chi connectivity index (χ4n) is 2.99. The molecule has 5 nitrogen and oxygen atoms in total. The number of halogens is 1. The van der Waals surface area contributed by atoms with Gasteiger partial charge in [0.25, 0.3) is 5.56 Å². The number of terminal acetylenes is 1. The van der Waals surface area contributed by atoms with Crippen LogP contribution in [-0.2, 0) is 6.54 Å². The maximum Gasteiger partial charge on any atom is 0.262 e. The zero-order valence-corrected chi connectivity index (χ0v) is 16.2. The molecule has 4 rings (SSSR count). The predicted octanol–water partition coefficient (Wildman–Crippen LogP) is 4.28. The fraction of sp³-hybridized carbons (Fsp3) is 0.150. The quantitative estimate of drug-likeness (QED) is 0.486. The normalized spacial score (nSPS) is 11.0. The number of hydrogen-bond acceptors (Lipinski definition) is 5. The van der Waals surface area contributed by atoms with Gasteiger partial charge < -0.3 is 4.74 Å². The number of fused-ring (bicyclic) bond motifs is 2. The van der Waals surface area contributed by atoms with Crippen molar-refractivity contribution in [2.24, 2.45) is 0 Å². The molecule has 0 N–H and O–H groups in total. The van der Waals surface area contributed by atoms with Gasteiger partial charge in [0.1, 0.15) is 16.3 Å². The van der Waals surface area contributed by atoms with Gasteiger partial charge in [0.2, 0.25) is 0 Å². The van der Waals surface area contributed by atoms with Crippen LogP contribution in [-0.4, -0.2) is 21.6 Å². The maximum absolute atomic E-state index is 12.7. The van der Waals surface area contributed by atoms with Crippen LogP contribution in [0.3, 0.4) is 0 Å². The Morgan fingerprint density at radius 1 is 1.30 bits per heavy atom. The van der Waals surface area contributed by atoms with Crippen molar-refractivity contribution in [2.45, 2.75) is 13.5 Å². The molecule has 7 heteroatoms. The average Bonchev–Trinajstić information content (AvgIpc) is 3.08. The molecule has 0 fully saturated rings. The topological polar surface area (TPSA) is 57.0 Å². The Kier molecular flexibility index (Phi) is 4.34. The molecule has 134 valence electrons. The first-order valence-electron chi connectivity index (χ1n) is 8.09. The van der Waals surface area contributed by atoms with Gasteiger partial charge >= 0.3 is 0 Å². The molecule has 0 amide bonds. The van der Waals surface area contributed by atoms with E-state index in [0.29, 0.717) is 27.2 Å². The Morgan fingerprint density at radius 3 is 2.85 bits per heavy atom. The van der Waals surface area contributed by atoms with Crippen LogP contribution in [0.5, 0.6) is 5.75 Å². The molecular formula is C20H14ClN3O2S. The highest BCUT2D eigenvalue weighted by atomic mass is 35.5. The monoisotopic (exact) mass is 395 g/mol. The highest BCUT2D eigenvalue weighted by Gasteiger charge is 2.16. The molecule has 0 saturated heterocycles. The van der Waals surface area contributed by atoms with E-state index in [1.165, 1.54) is 22.2 Å². The summed E-state index contributed by atoms with van der Waals surface area (Å²) in [5.41, 5.74) is 2.88.